The number of pyridine rings is 1. The topological polar surface area (TPSA) is 25.2 Å². The van der Waals surface area contributed by atoms with Crippen molar-refractivity contribution in [2.45, 2.75) is 18.8 Å². The van der Waals surface area contributed by atoms with E-state index in [-0.39, 0.29) is 5.56 Å². The molecule has 82 valence electrons. The first-order valence-corrected chi connectivity index (χ1v) is 5.52. The van der Waals surface area contributed by atoms with E-state index in [1.807, 2.05) is 19.3 Å². The molecule has 0 aromatic carbocycles. The summed E-state index contributed by atoms with van der Waals surface area (Å²) in [7, 11) is 3.98. The predicted octanol–water partition coefficient (Wildman–Crippen LogP) is 1.19. The normalized spacial score (nSPS) is 22.9. The van der Waals surface area contributed by atoms with E-state index >= 15 is 0 Å². The molecule has 1 saturated heterocycles. The van der Waals surface area contributed by atoms with Crippen molar-refractivity contribution < 1.29 is 0 Å². The van der Waals surface area contributed by atoms with Crippen molar-refractivity contribution in [1.29, 1.82) is 0 Å². The van der Waals surface area contributed by atoms with Gasteiger partial charge in [0.15, 0.2) is 0 Å². The molecule has 1 aromatic heterocycles. The second kappa shape index (κ2) is 4.19. The third-order valence-corrected chi connectivity index (χ3v) is 3.20. The molecule has 2 heterocycles. The average molecular weight is 206 g/mol. The van der Waals surface area contributed by atoms with Gasteiger partial charge in [0.2, 0.25) is 5.56 Å². The Labute approximate surface area is 90.3 Å². The largest absolute Gasteiger partial charge is 0.318 e. The third-order valence-electron chi connectivity index (χ3n) is 3.20. The third kappa shape index (κ3) is 2.29. The molecule has 0 amide bonds. The highest BCUT2D eigenvalue weighted by Crippen LogP contribution is 2.24. The smallest absolute Gasteiger partial charge is 0.250 e. The maximum atomic E-state index is 11.3. The summed E-state index contributed by atoms with van der Waals surface area (Å²) in [6, 6.07) is 3.65. The minimum absolute atomic E-state index is 0.0721. The number of piperidine rings is 1. The Morgan fingerprint density at radius 2 is 2.13 bits per heavy atom. The van der Waals surface area contributed by atoms with Crippen LogP contribution in [-0.2, 0) is 7.05 Å². The number of hydrogen-bond acceptors (Lipinski definition) is 2. The van der Waals surface area contributed by atoms with Crippen LogP contribution in [0, 0.1) is 0 Å². The van der Waals surface area contributed by atoms with Crippen molar-refractivity contribution in [2.75, 3.05) is 20.1 Å². The Kier molecular flexibility index (Phi) is 2.91. The van der Waals surface area contributed by atoms with E-state index in [2.05, 4.69) is 11.9 Å². The second-order valence-corrected chi connectivity index (χ2v) is 4.51. The molecule has 0 aliphatic carbocycles. The van der Waals surface area contributed by atoms with Crippen molar-refractivity contribution >= 4 is 0 Å². The zero-order valence-electron chi connectivity index (χ0n) is 9.44. The van der Waals surface area contributed by atoms with E-state index in [9.17, 15) is 4.79 Å². The van der Waals surface area contributed by atoms with Crippen LogP contribution in [0.15, 0.2) is 23.1 Å². The molecule has 0 saturated carbocycles. The highest BCUT2D eigenvalue weighted by Gasteiger charge is 2.18. The zero-order valence-corrected chi connectivity index (χ0v) is 9.44. The highest BCUT2D eigenvalue weighted by molar-refractivity contribution is 5.16. The van der Waals surface area contributed by atoms with Gasteiger partial charge in [-0.1, -0.05) is 6.07 Å². The molecule has 1 aromatic rings. The van der Waals surface area contributed by atoms with Crippen LogP contribution in [0.2, 0.25) is 0 Å². The number of hydrogen-bond donors (Lipinski definition) is 0. The van der Waals surface area contributed by atoms with Crippen LogP contribution in [-0.4, -0.2) is 29.6 Å². The van der Waals surface area contributed by atoms with E-state index in [0.29, 0.717) is 5.92 Å². The Morgan fingerprint density at radius 1 is 1.33 bits per heavy atom. The first-order chi connectivity index (χ1) is 7.16. The molecule has 0 radical (unpaired) electrons. The SMILES string of the molecule is CN1CCCC(c2ccc(=O)n(C)c2)C1. The van der Waals surface area contributed by atoms with Gasteiger partial charge in [-0.25, -0.2) is 0 Å². The van der Waals surface area contributed by atoms with Gasteiger partial charge in [-0.2, -0.15) is 0 Å². The Morgan fingerprint density at radius 3 is 2.80 bits per heavy atom. The molecule has 3 nitrogen and oxygen atoms in total. The van der Waals surface area contributed by atoms with Crippen molar-refractivity contribution in [3.8, 4) is 0 Å². The molecule has 0 N–H and O–H groups in total. The molecule has 3 heteroatoms. The summed E-state index contributed by atoms with van der Waals surface area (Å²) >= 11 is 0. The summed E-state index contributed by atoms with van der Waals surface area (Å²) < 4.78 is 1.67. The van der Waals surface area contributed by atoms with Crippen molar-refractivity contribution in [1.82, 2.24) is 9.47 Å². The van der Waals surface area contributed by atoms with Crippen LogP contribution in [0.1, 0.15) is 24.3 Å². The lowest BCUT2D eigenvalue weighted by Gasteiger charge is -2.29. The number of nitrogens with zero attached hydrogens (tertiary/aromatic N) is 2. The van der Waals surface area contributed by atoms with Gasteiger partial charge in [-0.05, 0) is 37.9 Å². The Hall–Kier alpha value is -1.09. The van der Waals surface area contributed by atoms with Crippen LogP contribution >= 0.6 is 0 Å². The fourth-order valence-corrected chi connectivity index (χ4v) is 2.30. The minimum atomic E-state index is 0.0721. The molecule has 1 atom stereocenters. The fourth-order valence-electron chi connectivity index (χ4n) is 2.30. The van der Waals surface area contributed by atoms with E-state index in [1.165, 1.54) is 24.9 Å². The molecule has 0 bridgehead atoms. The van der Waals surface area contributed by atoms with Crippen LogP contribution in [0.3, 0.4) is 0 Å². The van der Waals surface area contributed by atoms with Gasteiger partial charge in [-0.3, -0.25) is 4.79 Å². The quantitative estimate of drug-likeness (QED) is 0.689. The highest BCUT2D eigenvalue weighted by atomic mass is 16.1. The van der Waals surface area contributed by atoms with Crippen molar-refractivity contribution in [3.05, 3.63) is 34.2 Å². The summed E-state index contributed by atoms with van der Waals surface area (Å²) in [6.45, 7) is 2.31. The van der Waals surface area contributed by atoms with Gasteiger partial charge in [0.25, 0.3) is 0 Å². The summed E-state index contributed by atoms with van der Waals surface area (Å²) in [4.78, 5) is 13.6. The van der Waals surface area contributed by atoms with Gasteiger partial charge in [0, 0.05) is 25.9 Å². The minimum Gasteiger partial charge on any atom is -0.318 e. The van der Waals surface area contributed by atoms with Gasteiger partial charge in [-0.15, -0.1) is 0 Å². The lowest BCUT2D eigenvalue weighted by atomic mass is 9.92. The molecule has 0 spiro atoms. The molecule has 1 aliphatic rings. The maximum absolute atomic E-state index is 11.3. The van der Waals surface area contributed by atoms with Gasteiger partial charge in [0.05, 0.1) is 0 Å². The summed E-state index contributed by atoms with van der Waals surface area (Å²) in [6.07, 6.45) is 4.47. The number of likely N-dealkylation sites (N-methyl/N-ethyl adjacent to an activating group) is 1. The lowest BCUT2D eigenvalue weighted by molar-refractivity contribution is 0.250. The zero-order chi connectivity index (χ0) is 10.8. The second-order valence-electron chi connectivity index (χ2n) is 4.51. The fraction of sp³-hybridized carbons (Fsp3) is 0.583. The van der Waals surface area contributed by atoms with Gasteiger partial charge >= 0.3 is 0 Å². The van der Waals surface area contributed by atoms with E-state index in [1.54, 1.807) is 10.6 Å². The van der Waals surface area contributed by atoms with Crippen molar-refractivity contribution in [3.63, 3.8) is 0 Å². The van der Waals surface area contributed by atoms with E-state index in [4.69, 9.17) is 0 Å². The molecule has 1 fully saturated rings. The molecular formula is C12H18N2O. The molecule has 15 heavy (non-hydrogen) atoms. The predicted molar refractivity (Wildman–Crippen MR) is 61.2 cm³/mol. The van der Waals surface area contributed by atoms with E-state index in [0.717, 1.165) is 6.54 Å². The van der Waals surface area contributed by atoms with Crippen LogP contribution < -0.4 is 5.56 Å². The van der Waals surface area contributed by atoms with E-state index < -0.39 is 0 Å². The Bertz CT molecular complexity index is 397. The van der Waals surface area contributed by atoms with Gasteiger partial charge in [0.1, 0.15) is 0 Å². The number of aromatic nitrogens is 1. The average Bonchev–Trinajstić information content (AvgIpc) is 2.22. The first-order valence-electron chi connectivity index (χ1n) is 5.52. The van der Waals surface area contributed by atoms with Gasteiger partial charge < -0.3 is 9.47 Å². The lowest BCUT2D eigenvalue weighted by Crippen LogP contribution is -2.31. The number of rotatable bonds is 1. The van der Waals surface area contributed by atoms with Crippen LogP contribution in [0.25, 0.3) is 0 Å². The first kappa shape index (κ1) is 10.4. The molecule has 1 aliphatic heterocycles. The number of aryl methyl sites for hydroxylation is 1. The van der Waals surface area contributed by atoms with Crippen LogP contribution in [0.5, 0.6) is 0 Å². The van der Waals surface area contributed by atoms with Crippen LogP contribution in [0.4, 0.5) is 0 Å². The number of likely N-dealkylation sites (tertiary alicyclic amines) is 1. The molecule has 1 unspecified atom stereocenters. The van der Waals surface area contributed by atoms with Crippen molar-refractivity contribution in [2.24, 2.45) is 7.05 Å². The summed E-state index contributed by atoms with van der Waals surface area (Å²) in [5, 5.41) is 0. The molecular weight excluding hydrogens is 188 g/mol. The Balaban J connectivity index is 2.21. The monoisotopic (exact) mass is 206 g/mol. The summed E-state index contributed by atoms with van der Waals surface area (Å²) in [5.74, 6) is 0.593. The standard InChI is InChI=1S/C12H18N2O/c1-13-7-3-4-10(8-13)11-5-6-12(15)14(2)9-11/h5-6,9-10H,3-4,7-8H2,1-2H3. The summed E-state index contributed by atoms with van der Waals surface area (Å²) in [5.41, 5.74) is 1.37. The maximum Gasteiger partial charge on any atom is 0.250 e. The molecule has 2 rings (SSSR count).